The van der Waals surface area contributed by atoms with Crippen molar-refractivity contribution in [1.82, 2.24) is 9.21 Å². The lowest BCUT2D eigenvalue weighted by Crippen LogP contribution is -2.42. The zero-order valence-electron chi connectivity index (χ0n) is 17.9. The summed E-state index contributed by atoms with van der Waals surface area (Å²) in [4.78, 5) is 25.0. The second-order valence-corrected chi connectivity index (χ2v) is 9.44. The second-order valence-electron chi connectivity index (χ2n) is 7.46. The number of hydrogen-bond donors (Lipinski definition) is 1. The van der Waals surface area contributed by atoms with Crippen LogP contribution in [0.2, 0.25) is 0 Å². The van der Waals surface area contributed by atoms with Crippen molar-refractivity contribution in [2.24, 2.45) is 5.92 Å². The third-order valence-corrected chi connectivity index (χ3v) is 7.47. The molecule has 1 saturated heterocycles. The Morgan fingerprint density at radius 3 is 2.27 bits per heavy atom. The van der Waals surface area contributed by atoms with Crippen molar-refractivity contribution >= 4 is 21.9 Å². The monoisotopic (exact) mass is 442 g/mol. The molecule has 1 N–H and O–H groups in total. The molecule has 0 spiro atoms. The Bertz CT molecular complexity index is 854. The summed E-state index contributed by atoms with van der Waals surface area (Å²) in [6.45, 7) is 4.24. The van der Waals surface area contributed by atoms with Crippen LogP contribution in [0.15, 0.2) is 17.0 Å². The van der Waals surface area contributed by atoms with Gasteiger partial charge in [0.2, 0.25) is 15.9 Å². The minimum absolute atomic E-state index is 0.0707. The Morgan fingerprint density at radius 2 is 1.77 bits per heavy atom. The summed E-state index contributed by atoms with van der Waals surface area (Å²) < 4.78 is 37.7. The van der Waals surface area contributed by atoms with Crippen LogP contribution in [0.3, 0.4) is 0 Å². The number of amides is 1. The summed E-state index contributed by atoms with van der Waals surface area (Å²) in [6, 6.07) is 3.35. The molecule has 168 valence electrons. The molecule has 1 fully saturated rings. The molecular weight excluding hydrogens is 412 g/mol. The number of carboxylic acid groups (broad SMARTS) is 1. The number of ether oxygens (including phenoxy) is 2. The number of methoxy groups -OCH3 is 1. The number of likely N-dealkylation sites (N-methyl/N-ethyl adjacent to an activating group) is 1. The molecule has 1 aliphatic rings. The Morgan fingerprint density at radius 1 is 1.20 bits per heavy atom. The number of carbonyl (C=O) groups excluding carboxylic acids is 1. The van der Waals surface area contributed by atoms with Gasteiger partial charge in [0.25, 0.3) is 0 Å². The maximum absolute atomic E-state index is 12.9. The van der Waals surface area contributed by atoms with E-state index in [-0.39, 0.29) is 30.6 Å². The Kier molecular flexibility index (Phi) is 8.22. The number of rotatable bonds is 9. The van der Waals surface area contributed by atoms with Crippen LogP contribution in [0.5, 0.6) is 5.75 Å². The molecule has 0 saturated carbocycles. The topological polar surface area (TPSA) is 113 Å². The first-order valence-corrected chi connectivity index (χ1v) is 11.2. The van der Waals surface area contributed by atoms with Crippen molar-refractivity contribution in [1.29, 1.82) is 0 Å². The molecule has 9 nitrogen and oxygen atoms in total. The molecule has 0 aromatic heterocycles. The zero-order valence-corrected chi connectivity index (χ0v) is 18.7. The number of benzene rings is 1. The van der Waals surface area contributed by atoms with Gasteiger partial charge in [-0.25, -0.2) is 8.42 Å². The van der Waals surface area contributed by atoms with Crippen LogP contribution in [0.1, 0.15) is 24.0 Å². The average Bonchev–Trinajstić information content (AvgIpc) is 2.69. The second kappa shape index (κ2) is 10.2. The third-order valence-electron chi connectivity index (χ3n) is 5.31. The molecule has 0 bridgehead atoms. The predicted octanol–water partition coefficient (Wildman–Crippen LogP) is 1.27. The summed E-state index contributed by atoms with van der Waals surface area (Å²) >= 11 is 0. The molecule has 1 heterocycles. The Hall–Kier alpha value is -2.17. The molecular formula is C20H30N2O7S. The van der Waals surface area contributed by atoms with Crippen LogP contribution in [0.25, 0.3) is 0 Å². The number of piperidine rings is 1. The predicted molar refractivity (Wildman–Crippen MR) is 110 cm³/mol. The van der Waals surface area contributed by atoms with E-state index in [4.69, 9.17) is 14.6 Å². The van der Waals surface area contributed by atoms with Crippen molar-refractivity contribution in [3.63, 3.8) is 0 Å². The van der Waals surface area contributed by atoms with E-state index in [1.807, 2.05) is 0 Å². The van der Waals surface area contributed by atoms with E-state index < -0.39 is 21.9 Å². The highest BCUT2D eigenvalue weighted by Crippen LogP contribution is 2.27. The van der Waals surface area contributed by atoms with Gasteiger partial charge in [0.1, 0.15) is 12.4 Å². The van der Waals surface area contributed by atoms with Crippen LogP contribution in [-0.2, 0) is 24.3 Å². The minimum Gasteiger partial charge on any atom is -0.497 e. The van der Waals surface area contributed by atoms with Crippen molar-refractivity contribution < 1.29 is 32.6 Å². The van der Waals surface area contributed by atoms with E-state index in [1.54, 1.807) is 30.9 Å². The van der Waals surface area contributed by atoms with Gasteiger partial charge in [-0.15, -0.1) is 0 Å². The molecule has 30 heavy (non-hydrogen) atoms. The van der Waals surface area contributed by atoms with Crippen LogP contribution in [-0.4, -0.2) is 81.6 Å². The van der Waals surface area contributed by atoms with Crippen LogP contribution >= 0.6 is 0 Å². The molecule has 1 aliphatic heterocycles. The molecule has 1 aromatic carbocycles. The number of likely N-dealkylation sites (tertiary alicyclic amines) is 1. The van der Waals surface area contributed by atoms with Crippen molar-refractivity contribution in [2.75, 3.05) is 47.0 Å². The van der Waals surface area contributed by atoms with Crippen LogP contribution in [0, 0.1) is 19.8 Å². The Labute approximate surface area is 177 Å². The van der Waals surface area contributed by atoms with Gasteiger partial charge in [-0.1, -0.05) is 0 Å². The quantitative estimate of drug-likeness (QED) is 0.573. The van der Waals surface area contributed by atoms with Crippen molar-refractivity contribution in [3.8, 4) is 5.75 Å². The van der Waals surface area contributed by atoms with E-state index in [0.717, 1.165) is 0 Å². The number of hydrogen-bond acceptors (Lipinski definition) is 6. The fourth-order valence-corrected chi connectivity index (χ4v) is 5.09. The molecule has 1 amide bonds. The van der Waals surface area contributed by atoms with E-state index in [0.29, 0.717) is 42.8 Å². The summed E-state index contributed by atoms with van der Waals surface area (Å²) in [7, 11) is -0.712. The molecule has 0 atom stereocenters. The van der Waals surface area contributed by atoms with Crippen molar-refractivity contribution in [3.05, 3.63) is 23.3 Å². The lowest BCUT2D eigenvalue weighted by molar-refractivity contribution is -0.146. The van der Waals surface area contributed by atoms with Gasteiger partial charge >= 0.3 is 5.97 Å². The number of sulfonamides is 1. The lowest BCUT2D eigenvalue weighted by Gasteiger charge is -2.30. The van der Waals surface area contributed by atoms with E-state index in [2.05, 4.69) is 0 Å². The number of carbonyl (C=O) groups is 2. The number of carboxylic acids is 1. The summed E-state index contributed by atoms with van der Waals surface area (Å²) in [5.41, 5.74) is 1.19. The lowest BCUT2D eigenvalue weighted by atomic mass is 9.97. The van der Waals surface area contributed by atoms with E-state index in [1.165, 1.54) is 18.5 Å². The van der Waals surface area contributed by atoms with Gasteiger partial charge in [-0.3, -0.25) is 9.59 Å². The van der Waals surface area contributed by atoms with Gasteiger partial charge in [0.05, 0.1) is 24.5 Å². The first-order chi connectivity index (χ1) is 14.1. The number of aryl methyl sites for hydroxylation is 2. The van der Waals surface area contributed by atoms with Crippen molar-refractivity contribution in [2.45, 2.75) is 31.6 Å². The highest BCUT2D eigenvalue weighted by atomic mass is 32.2. The summed E-state index contributed by atoms with van der Waals surface area (Å²) in [5.74, 6) is -0.851. The third kappa shape index (κ3) is 5.71. The Balaban J connectivity index is 1.85. The molecule has 0 unspecified atom stereocenters. The fourth-order valence-electron chi connectivity index (χ4n) is 3.53. The van der Waals surface area contributed by atoms with E-state index in [9.17, 15) is 18.0 Å². The highest BCUT2D eigenvalue weighted by Gasteiger charge is 2.28. The molecule has 10 heteroatoms. The standard InChI is InChI=1S/C20H30N2O7S/c1-14-11-17(28-4)12-15(2)19(14)30(26,27)21(3)9-10-29-13-18(23)22-7-5-16(6-8-22)20(24)25/h11-12,16H,5-10,13H2,1-4H3,(H,24,25). The van der Waals surface area contributed by atoms with Gasteiger partial charge < -0.3 is 19.5 Å². The van der Waals surface area contributed by atoms with Gasteiger partial charge in [-0.2, -0.15) is 4.31 Å². The van der Waals surface area contributed by atoms with Gasteiger partial charge in [0.15, 0.2) is 0 Å². The maximum atomic E-state index is 12.9. The first kappa shape index (κ1) is 24.1. The SMILES string of the molecule is COc1cc(C)c(S(=O)(=O)N(C)CCOCC(=O)N2CCC(C(=O)O)CC2)c(C)c1. The molecule has 0 radical (unpaired) electrons. The highest BCUT2D eigenvalue weighted by molar-refractivity contribution is 7.89. The fraction of sp³-hybridized carbons (Fsp3) is 0.600. The summed E-state index contributed by atoms with van der Waals surface area (Å²) in [6.07, 6.45) is 0.866. The molecule has 1 aromatic rings. The molecule has 0 aliphatic carbocycles. The van der Waals surface area contributed by atoms with Gasteiger partial charge in [-0.05, 0) is 49.9 Å². The van der Waals surface area contributed by atoms with E-state index >= 15 is 0 Å². The smallest absolute Gasteiger partial charge is 0.306 e. The maximum Gasteiger partial charge on any atom is 0.306 e. The largest absolute Gasteiger partial charge is 0.497 e. The molecule has 2 rings (SSSR count). The minimum atomic E-state index is -3.71. The number of aliphatic carboxylic acids is 1. The summed E-state index contributed by atoms with van der Waals surface area (Å²) in [5, 5.41) is 9.01. The zero-order chi connectivity index (χ0) is 22.5. The number of nitrogens with zero attached hydrogens (tertiary/aromatic N) is 2. The normalized spacial score (nSPS) is 15.4. The van der Waals surface area contributed by atoms with Gasteiger partial charge in [0, 0.05) is 26.7 Å². The average molecular weight is 443 g/mol. The first-order valence-electron chi connectivity index (χ1n) is 9.77. The van der Waals surface area contributed by atoms with Crippen LogP contribution < -0.4 is 4.74 Å². The van der Waals surface area contributed by atoms with Crippen LogP contribution in [0.4, 0.5) is 0 Å².